The van der Waals surface area contributed by atoms with E-state index in [0.717, 1.165) is 35.6 Å². The molecule has 29 heavy (non-hydrogen) atoms. The second kappa shape index (κ2) is 8.57. The molecule has 1 amide bonds. The molecule has 1 aliphatic heterocycles. The molecule has 0 radical (unpaired) electrons. The van der Waals surface area contributed by atoms with Crippen molar-refractivity contribution in [1.29, 1.82) is 0 Å². The molecular weight excluding hydrogens is 384 g/mol. The number of nitrogens with zero attached hydrogens (tertiary/aromatic N) is 2. The van der Waals surface area contributed by atoms with E-state index in [-0.39, 0.29) is 18.3 Å². The summed E-state index contributed by atoms with van der Waals surface area (Å²) >= 11 is 1.52. The van der Waals surface area contributed by atoms with Crippen LogP contribution in [0.3, 0.4) is 0 Å². The Hall–Kier alpha value is -2.99. The molecule has 6 heteroatoms. The maximum Gasteiger partial charge on any atom is 0.317 e. The summed E-state index contributed by atoms with van der Waals surface area (Å²) in [7, 11) is 0. The number of carbonyl (C=O) groups is 2. The third-order valence-corrected chi connectivity index (χ3v) is 5.88. The van der Waals surface area contributed by atoms with Crippen molar-refractivity contribution in [2.24, 2.45) is 0 Å². The van der Waals surface area contributed by atoms with Crippen LogP contribution in [-0.4, -0.2) is 23.4 Å². The molecule has 4 rings (SSSR count). The fourth-order valence-corrected chi connectivity index (χ4v) is 4.16. The Morgan fingerprint density at radius 2 is 1.90 bits per heavy atom. The molecule has 0 saturated carbocycles. The van der Waals surface area contributed by atoms with Crippen molar-refractivity contribution >= 4 is 28.9 Å². The van der Waals surface area contributed by atoms with E-state index in [4.69, 9.17) is 4.74 Å². The van der Waals surface area contributed by atoms with E-state index in [9.17, 15) is 9.59 Å². The van der Waals surface area contributed by atoms with Gasteiger partial charge in [-0.15, -0.1) is 11.3 Å². The van der Waals surface area contributed by atoms with Crippen LogP contribution in [0, 0.1) is 0 Å². The Morgan fingerprint density at radius 1 is 1.14 bits per heavy atom. The van der Waals surface area contributed by atoms with Gasteiger partial charge in [0, 0.05) is 29.6 Å². The molecule has 0 N–H and O–H groups in total. The molecule has 2 heterocycles. The first-order valence-corrected chi connectivity index (χ1v) is 10.6. The van der Waals surface area contributed by atoms with Crippen molar-refractivity contribution < 1.29 is 14.3 Å². The minimum absolute atomic E-state index is 0.121. The molecule has 1 fully saturated rings. The molecule has 1 aliphatic rings. The lowest BCUT2D eigenvalue weighted by Gasteiger charge is -2.15. The van der Waals surface area contributed by atoms with Gasteiger partial charge in [-0.3, -0.25) is 9.59 Å². The third-order valence-electron chi connectivity index (χ3n) is 4.94. The van der Waals surface area contributed by atoms with Gasteiger partial charge in [-0.25, -0.2) is 4.98 Å². The largest absolute Gasteiger partial charge is 0.426 e. The number of esters is 1. The van der Waals surface area contributed by atoms with Crippen LogP contribution in [0.15, 0.2) is 53.9 Å². The Labute approximate surface area is 174 Å². The maximum absolute atomic E-state index is 12.3. The quantitative estimate of drug-likeness (QED) is 0.442. The highest BCUT2D eigenvalue weighted by Gasteiger charge is 2.21. The minimum Gasteiger partial charge on any atom is -0.426 e. The van der Waals surface area contributed by atoms with E-state index in [1.807, 2.05) is 17.5 Å². The number of benzene rings is 2. The third kappa shape index (κ3) is 4.54. The van der Waals surface area contributed by atoms with Crippen LogP contribution in [0.1, 0.15) is 31.0 Å². The van der Waals surface area contributed by atoms with Crippen LogP contribution in [0.4, 0.5) is 5.69 Å². The van der Waals surface area contributed by atoms with Gasteiger partial charge in [0.2, 0.25) is 5.91 Å². The van der Waals surface area contributed by atoms with Gasteiger partial charge in [-0.1, -0.05) is 31.2 Å². The maximum atomic E-state index is 12.3. The van der Waals surface area contributed by atoms with Crippen LogP contribution in [0.5, 0.6) is 5.75 Å². The Kier molecular flexibility index (Phi) is 5.71. The molecule has 5 nitrogen and oxygen atoms in total. The highest BCUT2D eigenvalue weighted by atomic mass is 32.1. The molecule has 1 saturated heterocycles. The van der Waals surface area contributed by atoms with E-state index >= 15 is 0 Å². The summed E-state index contributed by atoms with van der Waals surface area (Å²) in [6, 6.07) is 15.4. The van der Waals surface area contributed by atoms with Gasteiger partial charge in [0.15, 0.2) is 0 Å². The van der Waals surface area contributed by atoms with Gasteiger partial charge < -0.3 is 9.64 Å². The first-order chi connectivity index (χ1) is 14.1. The number of rotatable bonds is 6. The monoisotopic (exact) mass is 406 g/mol. The van der Waals surface area contributed by atoms with E-state index in [1.54, 1.807) is 17.0 Å². The summed E-state index contributed by atoms with van der Waals surface area (Å²) in [5, 5.41) is 2.79. The summed E-state index contributed by atoms with van der Waals surface area (Å²) in [5.41, 5.74) is 3.88. The number of anilines is 1. The van der Waals surface area contributed by atoms with Crippen LogP contribution in [-0.2, 0) is 22.4 Å². The minimum atomic E-state index is -0.354. The summed E-state index contributed by atoms with van der Waals surface area (Å²) in [6.07, 6.45) is 2.60. The van der Waals surface area contributed by atoms with Crippen LogP contribution in [0.25, 0.3) is 10.6 Å². The molecule has 0 aliphatic carbocycles. The van der Waals surface area contributed by atoms with E-state index in [2.05, 4.69) is 36.2 Å². The molecule has 0 spiro atoms. The van der Waals surface area contributed by atoms with Gasteiger partial charge in [0.25, 0.3) is 0 Å². The van der Waals surface area contributed by atoms with Crippen LogP contribution in [0.2, 0.25) is 0 Å². The number of aryl methyl sites for hydroxylation is 1. The lowest BCUT2D eigenvalue weighted by molar-refractivity contribution is -0.133. The van der Waals surface area contributed by atoms with Gasteiger partial charge in [0.1, 0.15) is 10.8 Å². The zero-order chi connectivity index (χ0) is 20.2. The van der Waals surface area contributed by atoms with Crippen molar-refractivity contribution in [2.45, 2.75) is 32.6 Å². The number of aromatic nitrogens is 1. The van der Waals surface area contributed by atoms with Gasteiger partial charge in [0.05, 0.1) is 12.1 Å². The number of carbonyl (C=O) groups excluding carboxylic acids is 2. The molecule has 0 atom stereocenters. The highest BCUT2D eigenvalue weighted by molar-refractivity contribution is 7.13. The van der Waals surface area contributed by atoms with Crippen molar-refractivity contribution in [2.75, 3.05) is 11.4 Å². The number of thiazole rings is 1. The molecular formula is C23H22N2O3S. The summed E-state index contributed by atoms with van der Waals surface area (Å²) < 4.78 is 5.43. The zero-order valence-corrected chi connectivity index (χ0v) is 17.1. The summed E-state index contributed by atoms with van der Waals surface area (Å²) in [5.74, 6) is 0.252. The van der Waals surface area contributed by atoms with Gasteiger partial charge in [-0.2, -0.15) is 0 Å². The topological polar surface area (TPSA) is 59.5 Å². The second-order valence-corrected chi connectivity index (χ2v) is 7.85. The fourth-order valence-electron chi connectivity index (χ4n) is 3.33. The summed E-state index contributed by atoms with van der Waals surface area (Å²) in [4.78, 5) is 30.4. The fraction of sp³-hybridized carbons (Fsp3) is 0.261. The number of hydrogen-bond donors (Lipinski definition) is 0. The molecule has 1 aromatic heterocycles. The standard InChI is InChI=1S/C23H22N2O3S/c1-2-16-5-7-17(8-6-16)23-24-18(15-29-23)14-22(27)28-20-11-9-19(10-12-20)25-13-3-4-21(25)26/h5-12,15H,2-4,13-14H2,1H3. The predicted molar refractivity (Wildman–Crippen MR) is 114 cm³/mol. The van der Waals surface area contributed by atoms with Crippen LogP contribution < -0.4 is 9.64 Å². The molecule has 3 aromatic rings. The first-order valence-electron chi connectivity index (χ1n) is 9.77. The normalized spacial score (nSPS) is 13.7. The molecule has 148 valence electrons. The van der Waals surface area contributed by atoms with Crippen molar-refractivity contribution in [3.63, 3.8) is 0 Å². The molecule has 2 aromatic carbocycles. The van der Waals surface area contributed by atoms with Gasteiger partial charge >= 0.3 is 5.97 Å². The lowest BCUT2D eigenvalue weighted by atomic mass is 10.1. The highest BCUT2D eigenvalue weighted by Crippen LogP contribution is 2.26. The van der Waals surface area contributed by atoms with Crippen molar-refractivity contribution in [1.82, 2.24) is 4.98 Å². The molecule has 0 unspecified atom stereocenters. The van der Waals surface area contributed by atoms with E-state index < -0.39 is 0 Å². The Bertz CT molecular complexity index is 1010. The average molecular weight is 407 g/mol. The Balaban J connectivity index is 1.36. The Morgan fingerprint density at radius 3 is 2.55 bits per heavy atom. The van der Waals surface area contributed by atoms with E-state index in [0.29, 0.717) is 17.9 Å². The molecule has 0 bridgehead atoms. The first kappa shape index (κ1) is 19.3. The van der Waals surface area contributed by atoms with Crippen molar-refractivity contribution in [3.8, 4) is 16.3 Å². The number of amides is 1. The second-order valence-electron chi connectivity index (χ2n) is 6.99. The number of ether oxygens (including phenoxy) is 1. The van der Waals surface area contributed by atoms with Gasteiger partial charge in [-0.05, 0) is 42.7 Å². The van der Waals surface area contributed by atoms with E-state index in [1.165, 1.54) is 16.9 Å². The predicted octanol–water partition coefficient (Wildman–Crippen LogP) is 4.65. The number of hydrogen-bond acceptors (Lipinski definition) is 5. The summed E-state index contributed by atoms with van der Waals surface area (Å²) in [6.45, 7) is 2.87. The van der Waals surface area contributed by atoms with Crippen molar-refractivity contribution in [3.05, 3.63) is 65.2 Å². The average Bonchev–Trinajstić information content (AvgIpc) is 3.38. The zero-order valence-electron chi connectivity index (χ0n) is 16.3. The smallest absolute Gasteiger partial charge is 0.317 e. The van der Waals surface area contributed by atoms with Crippen LogP contribution >= 0.6 is 11.3 Å². The SMILES string of the molecule is CCc1ccc(-c2nc(CC(=O)Oc3ccc(N4CCCC4=O)cc3)cs2)cc1. The lowest BCUT2D eigenvalue weighted by Crippen LogP contribution is -2.23.